The number of anilines is 2. The second-order valence-electron chi connectivity index (χ2n) is 6.29. The van der Waals surface area contributed by atoms with E-state index in [0.717, 1.165) is 12.1 Å². The lowest BCUT2D eigenvalue weighted by atomic mass is 9.69. The molecule has 2 aromatic rings. The van der Waals surface area contributed by atoms with Crippen molar-refractivity contribution >= 4 is 11.5 Å². The summed E-state index contributed by atoms with van der Waals surface area (Å²) >= 11 is 0. The van der Waals surface area contributed by atoms with E-state index in [-0.39, 0.29) is 41.8 Å². The standard InChI is InChI=1S/C18H18F4N2O/c1-11(2)25-9-7-17(18(20,21)22)13-4-3-8-23-16(13)24-15-6-5-12(19)10-14(15)17/h3-6,8,10-11H,7,9H2,1-2H3,(H,23,24). The molecule has 1 N–H and O–H groups in total. The van der Waals surface area contributed by atoms with Gasteiger partial charge in [0.05, 0.1) is 6.10 Å². The Morgan fingerprint density at radius 1 is 1.20 bits per heavy atom. The number of pyridine rings is 1. The van der Waals surface area contributed by atoms with E-state index in [0.29, 0.717) is 0 Å². The van der Waals surface area contributed by atoms with Crippen molar-refractivity contribution in [3.8, 4) is 0 Å². The summed E-state index contributed by atoms with van der Waals surface area (Å²) in [5.41, 5.74) is -2.34. The van der Waals surface area contributed by atoms with Crippen LogP contribution in [-0.4, -0.2) is 23.9 Å². The Morgan fingerprint density at radius 2 is 1.96 bits per heavy atom. The van der Waals surface area contributed by atoms with E-state index in [9.17, 15) is 17.6 Å². The van der Waals surface area contributed by atoms with Gasteiger partial charge in [-0.25, -0.2) is 9.37 Å². The number of nitrogens with one attached hydrogen (secondary N) is 1. The van der Waals surface area contributed by atoms with Crippen molar-refractivity contribution in [1.29, 1.82) is 0 Å². The fourth-order valence-corrected chi connectivity index (χ4v) is 3.26. The van der Waals surface area contributed by atoms with Gasteiger partial charge in [-0.3, -0.25) is 0 Å². The summed E-state index contributed by atoms with van der Waals surface area (Å²) < 4.78 is 62.3. The summed E-state index contributed by atoms with van der Waals surface area (Å²) in [6.45, 7) is 3.40. The van der Waals surface area contributed by atoms with Crippen molar-refractivity contribution in [3.63, 3.8) is 0 Å². The number of rotatable bonds is 4. The van der Waals surface area contributed by atoms with Crippen LogP contribution in [-0.2, 0) is 10.2 Å². The molecule has 0 saturated carbocycles. The van der Waals surface area contributed by atoms with Crippen LogP contribution in [0, 0.1) is 5.82 Å². The highest BCUT2D eigenvalue weighted by molar-refractivity contribution is 5.74. The number of ether oxygens (including phenoxy) is 1. The summed E-state index contributed by atoms with van der Waals surface area (Å²) in [6, 6.07) is 6.22. The molecule has 1 aliphatic heterocycles. The van der Waals surface area contributed by atoms with Crippen molar-refractivity contribution < 1.29 is 22.3 Å². The number of hydrogen-bond acceptors (Lipinski definition) is 3. The van der Waals surface area contributed by atoms with Crippen molar-refractivity contribution in [3.05, 3.63) is 53.5 Å². The van der Waals surface area contributed by atoms with E-state index >= 15 is 0 Å². The largest absolute Gasteiger partial charge is 0.402 e. The molecule has 0 fully saturated rings. The highest BCUT2D eigenvalue weighted by atomic mass is 19.4. The van der Waals surface area contributed by atoms with Crippen molar-refractivity contribution in [2.75, 3.05) is 11.9 Å². The SMILES string of the molecule is CC(C)OCCC1(C(F)(F)F)c2cc(F)ccc2Nc2ncccc21. The molecule has 0 spiro atoms. The minimum absolute atomic E-state index is 0.0204. The van der Waals surface area contributed by atoms with E-state index in [1.165, 1.54) is 24.4 Å². The van der Waals surface area contributed by atoms with Crippen LogP contribution in [0.4, 0.5) is 29.1 Å². The first-order chi connectivity index (χ1) is 11.8. The van der Waals surface area contributed by atoms with Gasteiger partial charge in [0.2, 0.25) is 0 Å². The van der Waals surface area contributed by atoms with E-state index in [1.807, 2.05) is 0 Å². The minimum Gasteiger partial charge on any atom is -0.379 e. The second kappa shape index (κ2) is 6.29. The first kappa shape index (κ1) is 17.7. The fourth-order valence-electron chi connectivity index (χ4n) is 3.26. The monoisotopic (exact) mass is 354 g/mol. The Morgan fingerprint density at radius 3 is 2.64 bits per heavy atom. The molecular weight excluding hydrogens is 336 g/mol. The van der Waals surface area contributed by atoms with Gasteiger partial charge < -0.3 is 10.1 Å². The molecule has 134 valence electrons. The molecule has 0 saturated heterocycles. The summed E-state index contributed by atoms with van der Waals surface area (Å²) in [5.74, 6) is -0.588. The summed E-state index contributed by atoms with van der Waals surface area (Å²) in [6.07, 6.45) is -3.78. The Balaban J connectivity index is 2.22. The molecule has 0 aliphatic carbocycles. The molecule has 1 aromatic heterocycles. The van der Waals surface area contributed by atoms with Gasteiger partial charge in [-0.2, -0.15) is 13.2 Å². The third kappa shape index (κ3) is 2.97. The molecule has 3 rings (SSSR count). The predicted molar refractivity (Wildman–Crippen MR) is 86.5 cm³/mol. The topological polar surface area (TPSA) is 34.1 Å². The fraction of sp³-hybridized carbons (Fsp3) is 0.389. The normalized spacial score (nSPS) is 19.3. The average Bonchev–Trinajstić information content (AvgIpc) is 2.53. The highest BCUT2D eigenvalue weighted by Crippen LogP contribution is 2.55. The molecule has 1 aliphatic rings. The molecule has 7 heteroatoms. The van der Waals surface area contributed by atoms with Crippen LogP contribution >= 0.6 is 0 Å². The van der Waals surface area contributed by atoms with Crippen molar-refractivity contribution in [2.24, 2.45) is 0 Å². The number of halogens is 4. The van der Waals surface area contributed by atoms with Crippen molar-refractivity contribution in [1.82, 2.24) is 4.98 Å². The average molecular weight is 354 g/mol. The van der Waals surface area contributed by atoms with Gasteiger partial charge in [0.25, 0.3) is 0 Å². The molecule has 1 unspecified atom stereocenters. The van der Waals surface area contributed by atoms with E-state index in [4.69, 9.17) is 4.74 Å². The highest BCUT2D eigenvalue weighted by Gasteiger charge is 2.60. The number of fused-ring (bicyclic) bond motifs is 2. The maximum Gasteiger partial charge on any atom is 0.402 e. The molecule has 3 nitrogen and oxygen atoms in total. The van der Waals surface area contributed by atoms with E-state index < -0.39 is 17.4 Å². The van der Waals surface area contributed by atoms with Crippen LogP contribution < -0.4 is 5.32 Å². The van der Waals surface area contributed by atoms with Gasteiger partial charge in [0.15, 0.2) is 0 Å². The molecule has 0 amide bonds. The van der Waals surface area contributed by atoms with Crippen LogP contribution in [0.2, 0.25) is 0 Å². The van der Waals surface area contributed by atoms with Crippen LogP contribution in [0.3, 0.4) is 0 Å². The van der Waals surface area contributed by atoms with Crippen molar-refractivity contribution in [2.45, 2.75) is 38.0 Å². The lowest BCUT2D eigenvalue weighted by Gasteiger charge is -2.41. The van der Waals surface area contributed by atoms with Crippen LogP contribution in [0.15, 0.2) is 36.5 Å². The summed E-state index contributed by atoms with van der Waals surface area (Å²) in [4.78, 5) is 4.05. The quantitative estimate of drug-likeness (QED) is 0.790. The maximum atomic E-state index is 14.4. The number of benzene rings is 1. The zero-order chi connectivity index (χ0) is 18.2. The maximum absolute atomic E-state index is 14.4. The van der Waals surface area contributed by atoms with E-state index in [2.05, 4.69) is 10.3 Å². The number of alkyl halides is 3. The Labute approximate surface area is 143 Å². The first-order valence-corrected chi connectivity index (χ1v) is 7.96. The predicted octanol–water partition coefficient (Wildman–Crippen LogP) is 4.94. The zero-order valence-electron chi connectivity index (χ0n) is 13.8. The number of nitrogens with zero attached hydrogens (tertiary/aromatic N) is 1. The number of hydrogen-bond donors (Lipinski definition) is 1. The lowest BCUT2D eigenvalue weighted by Crippen LogP contribution is -2.47. The molecule has 2 heterocycles. The summed E-state index contributed by atoms with van der Waals surface area (Å²) in [5, 5.41) is 2.88. The Kier molecular flexibility index (Phi) is 4.45. The van der Waals surface area contributed by atoms with Crippen LogP contribution in [0.1, 0.15) is 31.4 Å². The second-order valence-corrected chi connectivity index (χ2v) is 6.29. The molecule has 1 aromatic carbocycles. The Hall–Kier alpha value is -2.15. The van der Waals surface area contributed by atoms with Gasteiger partial charge in [0, 0.05) is 24.1 Å². The van der Waals surface area contributed by atoms with Gasteiger partial charge in [0.1, 0.15) is 17.1 Å². The molecule has 1 atom stereocenters. The van der Waals surface area contributed by atoms with Gasteiger partial charge >= 0.3 is 6.18 Å². The lowest BCUT2D eigenvalue weighted by molar-refractivity contribution is -0.184. The molecule has 0 radical (unpaired) electrons. The van der Waals surface area contributed by atoms with Crippen LogP contribution in [0.5, 0.6) is 0 Å². The number of aromatic nitrogens is 1. The van der Waals surface area contributed by atoms with E-state index in [1.54, 1.807) is 13.8 Å². The van der Waals surface area contributed by atoms with Gasteiger partial charge in [-0.1, -0.05) is 6.07 Å². The minimum atomic E-state index is -4.64. The molecule has 0 bridgehead atoms. The smallest absolute Gasteiger partial charge is 0.379 e. The van der Waals surface area contributed by atoms with Gasteiger partial charge in [-0.15, -0.1) is 0 Å². The Bertz CT molecular complexity index is 776. The first-order valence-electron chi connectivity index (χ1n) is 7.96. The molecule has 25 heavy (non-hydrogen) atoms. The third-order valence-electron chi connectivity index (χ3n) is 4.37. The molecular formula is C18H18F4N2O. The zero-order valence-corrected chi connectivity index (χ0v) is 13.8. The summed E-state index contributed by atoms with van der Waals surface area (Å²) in [7, 11) is 0. The van der Waals surface area contributed by atoms with Gasteiger partial charge in [-0.05, 0) is 50.1 Å². The third-order valence-corrected chi connectivity index (χ3v) is 4.37. The van der Waals surface area contributed by atoms with Crippen LogP contribution in [0.25, 0.3) is 0 Å².